The van der Waals surface area contributed by atoms with Crippen LogP contribution < -0.4 is 10.4 Å². The number of amides is 3. The van der Waals surface area contributed by atoms with E-state index in [1.54, 1.807) is 6.92 Å². The van der Waals surface area contributed by atoms with E-state index in [2.05, 4.69) is 10.5 Å². The summed E-state index contributed by atoms with van der Waals surface area (Å²) in [6, 6.07) is 3.59. The zero-order valence-electron chi connectivity index (χ0n) is 16.2. The molecule has 0 atom stereocenters. The maximum Gasteiger partial charge on any atom is 0.353 e. The van der Waals surface area contributed by atoms with E-state index < -0.39 is 23.7 Å². The van der Waals surface area contributed by atoms with Gasteiger partial charge in [-0.2, -0.15) is 0 Å². The average Bonchev–Trinajstić information content (AvgIpc) is 3.16. The molecule has 0 bridgehead atoms. The first-order valence-electron chi connectivity index (χ1n) is 9.32. The minimum Gasteiger partial charge on any atom is -0.466 e. The van der Waals surface area contributed by atoms with Crippen molar-refractivity contribution in [3.63, 3.8) is 0 Å². The number of halogens is 2. The van der Waals surface area contributed by atoms with Gasteiger partial charge in [-0.15, -0.1) is 5.12 Å². The van der Waals surface area contributed by atoms with Gasteiger partial charge in [0.05, 0.1) is 25.3 Å². The Morgan fingerprint density at radius 3 is 2.90 bits per heavy atom. The molecule has 0 aliphatic carbocycles. The first-order valence-corrected chi connectivity index (χ1v) is 9.32. The normalized spacial score (nSPS) is 12.8. The molecule has 1 aliphatic rings. The maximum absolute atomic E-state index is 14.5. The Morgan fingerprint density at radius 1 is 1.37 bits per heavy atom. The van der Waals surface area contributed by atoms with Gasteiger partial charge in [0.15, 0.2) is 5.69 Å². The van der Waals surface area contributed by atoms with Gasteiger partial charge in [-0.1, -0.05) is 15.7 Å². The first kappa shape index (κ1) is 21.2. The predicted octanol–water partition coefficient (Wildman–Crippen LogP) is 2.37. The first-order chi connectivity index (χ1) is 14.4. The summed E-state index contributed by atoms with van der Waals surface area (Å²) < 4.78 is 37.7. The SMILES string of the molecule is CCOC(=O)CCNC(=O)c1noc2c1CN(C(=O)N(F)c1cccc(F)c1)CC2. The Hall–Kier alpha value is -3.50. The molecule has 3 amide bonds. The number of hydrogen-bond donors (Lipinski definition) is 1. The minimum absolute atomic E-state index is 0.00528. The Labute approximate surface area is 170 Å². The lowest BCUT2D eigenvalue weighted by Crippen LogP contribution is -2.42. The molecule has 1 aromatic carbocycles. The van der Waals surface area contributed by atoms with Gasteiger partial charge in [-0.3, -0.25) is 9.59 Å². The van der Waals surface area contributed by atoms with Gasteiger partial charge in [-0.25, -0.2) is 9.18 Å². The van der Waals surface area contributed by atoms with Gasteiger partial charge in [0.25, 0.3) is 5.91 Å². The summed E-state index contributed by atoms with van der Waals surface area (Å²) in [5, 5.41) is 6.12. The quantitative estimate of drug-likeness (QED) is 0.566. The standard InChI is InChI=1S/C19H20F2N4O5/c1-2-29-16(26)6-8-22-18(27)17-14-11-24(9-7-15(14)30-23-17)19(28)25(21)13-5-3-4-12(20)10-13/h3-5,10H,2,6-9,11H2,1H3,(H,22,27). The zero-order valence-corrected chi connectivity index (χ0v) is 16.2. The highest BCUT2D eigenvalue weighted by molar-refractivity contribution is 5.94. The van der Waals surface area contributed by atoms with Crippen LogP contribution in [0.15, 0.2) is 28.8 Å². The summed E-state index contributed by atoms with van der Waals surface area (Å²) in [5.41, 5.74) is 0.0754. The molecule has 0 saturated carbocycles. The van der Waals surface area contributed by atoms with Crippen LogP contribution in [0.25, 0.3) is 0 Å². The van der Waals surface area contributed by atoms with Crippen LogP contribution in [0.4, 0.5) is 19.4 Å². The number of fused-ring (bicyclic) bond motifs is 1. The van der Waals surface area contributed by atoms with Crippen LogP contribution in [0.3, 0.4) is 0 Å². The minimum atomic E-state index is -0.999. The molecule has 1 N–H and O–H groups in total. The summed E-state index contributed by atoms with van der Waals surface area (Å²) >= 11 is 0. The summed E-state index contributed by atoms with van der Waals surface area (Å²) in [7, 11) is 0. The molecule has 1 aromatic heterocycles. The van der Waals surface area contributed by atoms with Crippen molar-refractivity contribution in [2.45, 2.75) is 26.3 Å². The third-order valence-corrected chi connectivity index (χ3v) is 4.44. The number of benzene rings is 1. The fourth-order valence-corrected chi connectivity index (χ4v) is 2.98. The fourth-order valence-electron chi connectivity index (χ4n) is 2.98. The number of aromatic nitrogens is 1. The summed E-state index contributed by atoms with van der Waals surface area (Å²) in [5.74, 6) is -1.28. The molecular weight excluding hydrogens is 402 g/mol. The molecular formula is C19H20F2N4O5. The van der Waals surface area contributed by atoms with Gasteiger partial charge in [0.1, 0.15) is 11.6 Å². The summed E-state index contributed by atoms with van der Waals surface area (Å²) in [6.07, 6.45) is 0.232. The van der Waals surface area contributed by atoms with Crippen LogP contribution in [0.5, 0.6) is 0 Å². The van der Waals surface area contributed by atoms with Crippen molar-refractivity contribution in [3.8, 4) is 0 Å². The number of rotatable bonds is 6. The Morgan fingerprint density at radius 2 is 2.17 bits per heavy atom. The van der Waals surface area contributed by atoms with Gasteiger partial charge < -0.3 is 19.5 Å². The lowest BCUT2D eigenvalue weighted by molar-refractivity contribution is -0.142. The lowest BCUT2D eigenvalue weighted by Gasteiger charge is -2.28. The van der Waals surface area contributed by atoms with E-state index in [4.69, 9.17) is 9.26 Å². The molecule has 0 unspecified atom stereocenters. The molecule has 0 spiro atoms. The van der Waals surface area contributed by atoms with E-state index in [-0.39, 0.29) is 55.6 Å². The topological polar surface area (TPSA) is 105 Å². The van der Waals surface area contributed by atoms with Crippen LogP contribution in [-0.4, -0.2) is 47.7 Å². The van der Waals surface area contributed by atoms with Crippen molar-refractivity contribution in [2.75, 3.05) is 24.8 Å². The van der Waals surface area contributed by atoms with Crippen molar-refractivity contribution >= 4 is 23.6 Å². The number of nitrogens with zero attached hydrogens (tertiary/aromatic N) is 3. The van der Waals surface area contributed by atoms with E-state index in [9.17, 15) is 23.3 Å². The smallest absolute Gasteiger partial charge is 0.353 e. The third kappa shape index (κ3) is 4.73. The number of esters is 1. The zero-order chi connectivity index (χ0) is 21.7. The third-order valence-electron chi connectivity index (χ3n) is 4.44. The molecule has 3 rings (SSSR count). The number of carbonyl (C=O) groups is 3. The molecule has 0 saturated heterocycles. The number of hydrogen-bond acceptors (Lipinski definition) is 6. The van der Waals surface area contributed by atoms with E-state index in [1.165, 1.54) is 17.0 Å². The van der Waals surface area contributed by atoms with E-state index >= 15 is 0 Å². The predicted molar refractivity (Wildman–Crippen MR) is 99.6 cm³/mol. The highest BCUT2D eigenvalue weighted by Crippen LogP contribution is 2.25. The van der Waals surface area contributed by atoms with Gasteiger partial charge >= 0.3 is 12.0 Å². The molecule has 2 aromatic rings. The van der Waals surface area contributed by atoms with Crippen molar-refractivity contribution in [2.24, 2.45) is 0 Å². The van der Waals surface area contributed by atoms with Crippen molar-refractivity contribution in [1.29, 1.82) is 0 Å². The second-order valence-electron chi connectivity index (χ2n) is 6.46. The van der Waals surface area contributed by atoms with Gasteiger partial charge in [0, 0.05) is 31.1 Å². The Kier molecular flexibility index (Phi) is 6.60. The van der Waals surface area contributed by atoms with E-state index in [0.29, 0.717) is 11.3 Å². The van der Waals surface area contributed by atoms with Crippen molar-refractivity contribution < 1.29 is 32.5 Å². The lowest BCUT2D eigenvalue weighted by atomic mass is 10.1. The van der Waals surface area contributed by atoms with Crippen molar-refractivity contribution in [1.82, 2.24) is 15.4 Å². The molecule has 1 aliphatic heterocycles. The molecule has 9 nitrogen and oxygen atoms in total. The van der Waals surface area contributed by atoms with Gasteiger partial charge in [0.2, 0.25) is 0 Å². The highest BCUT2D eigenvalue weighted by Gasteiger charge is 2.32. The Bertz CT molecular complexity index is 949. The van der Waals surface area contributed by atoms with Gasteiger partial charge in [-0.05, 0) is 19.1 Å². The maximum atomic E-state index is 14.5. The Balaban J connectivity index is 1.65. The molecule has 0 fully saturated rings. The number of ether oxygens (including phenoxy) is 1. The van der Waals surface area contributed by atoms with Crippen LogP contribution in [0, 0.1) is 5.82 Å². The monoisotopic (exact) mass is 422 g/mol. The number of carbonyl (C=O) groups excluding carboxylic acids is 3. The number of anilines is 1. The molecule has 160 valence electrons. The molecule has 2 heterocycles. The number of urea groups is 1. The summed E-state index contributed by atoms with van der Waals surface area (Å²) in [4.78, 5) is 37.4. The van der Waals surface area contributed by atoms with Crippen LogP contribution in [0.1, 0.15) is 35.2 Å². The number of nitrogens with one attached hydrogen (secondary N) is 1. The summed E-state index contributed by atoms with van der Waals surface area (Å²) in [6.45, 7) is 2.00. The molecule has 11 heteroatoms. The largest absolute Gasteiger partial charge is 0.466 e. The highest BCUT2D eigenvalue weighted by atomic mass is 19.2. The van der Waals surface area contributed by atoms with Crippen LogP contribution in [0.2, 0.25) is 0 Å². The van der Waals surface area contributed by atoms with E-state index in [1.807, 2.05) is 0 Å². The second kappa shape index (κ2) is 9.33. The van der Waals surface area contributed by atoms with E-state index in [0.717, 1.165) is 12.1 Å². The average molecular weight is 422 g/mol. The molecule has 30 heavy (non-hydrogen) atoms. The van der Waals surface area contributed by atoms with Crippen LogP contribution >= 0.6 is 0 Å². The van der Waals surface area contributed by atoms with Crippen LogP contribution in [-0.2, 0) is 22.5 Å². The second-order valence-corrected chi connectivity index (χ2v) is 6.46. The molecule has 0 radical (unpaired) electrons. The van der Waals surface area contributed by atoms with Crippen molar-refractivity contribution in [3.05, 3.63) is 47.1 Å². The fraction of sp³-hybridized carbons (Fsp3) is 0.368.